The third kappa shape index (κ3) is 4.42. The van der Waals surface area contributed by atoms with E-state index >= 15 is 0 Å². The molecule has 0 spiro atoms. The molecule has 0 aromatic carbocycles. The fourth-order valence-corrected chi connectivity index (χ4v) is 4.74. The predicted octanol–water partition coefficient (Wildman–Crippen LogP) is 6.55. The fraction of sp³-hybridized carbons (Fsp3) is 0.333. The number of aromatic amines is 1. The lowest BCUT2D eigenvalue weighted by molar-refractivity contribution is 0.620. The van der Waals surface area contributed by atoms with Crippen molar-refractivity contribution in [3.8, 4) is 27.2 Å². The van der Waals surface area contributed by atoms with Crippen LogP contribution in [0.5, 0.6) is 0 Å². The Morgan fingerprint density at radius 3 is 2.60 bits per heavy atom. The summed E-state index contributed by atoms with van der Waals surface area (Å²) >= 11 is 1.54. The second-order valence-corrected chi connectivity index (χ2v) is 8.54. The minimum Gasteiger partial charge on any atom is -0.342 e. The number of rotatable bonds is 7. The van der Waals surface area contributed by atoms with E-state index in [2.05, 4.69) is 29.9 Å². The van der Waals surface area contributed by atoms with Gasteiger partial charge in [-0.3, -0.25) is 4.98 Å². The number of H-pyrrole nitrogens is 1. The van der Waals surface area contributed by atoms with Gasteiger partial charge in [0.1, 0.15) is 17.6 Å². The first-order valence-electron chi connectivity index (χ1n) is 10.2. The predicted molar refractivity (Wildman–Crippen MR) is 125 cm³/mol. The van der Waals surface area contributed by atoms with Gasteiger partial charge in [-0.25, -0.2) is 4.98 Å². The number of allylic oxidation sites excluding steroid dienone is 2. The van der Waals surface area contributed by atoms with Gasteiger partial charge >= 0.3 is 0 Å². The van der Waals surface area contributed by atoms with E-state index in [1.165, 1.54) is 0 Å². The van der Waals surface area contributed by atoms with Crippen molar-refractivity contribution in [1.29, 1.82) is 10.7 Å². The number of pyridine rings is 1. The standard InChI is InChI=1S/C24H27N5S/c1-6-17(7-2)19(11-14(3)26)24-28-16(5)22(29-24)23-18(13-25)12-21(30-23)20-10-8-9-15(4)27-20/h8-12,17,26H,6-7H2,1-5H3,(H,28,29)/b19-11-,26-14?. The average Bonchev–Trinajstić information content (AvgIpc) is 3.31. The van der Waals surface area contributed by atoms with Crippen LogP contribution in [0.2, 0.25) is 0 Å². The van der Waals surface area contributed by atoms with E-state index in [9.17, 15) is 5.26 Å². The number of nitrogens with one attached hydrogen (secondary N) is 2. The Bertz CT molecular complexity index is 1140. The third-order valence-electron chi connectivity index (χ3n) is 5.16. The summed E-state index contributed by atoms with van der Waals surface area (Å²) in [5.41, 5.74) is 5.70. The number of hydrogen-bond donors (Lipinski definition) is 2. The zero-order chi connectivity index (χ0) is 21.8. The molecule has 3 heterocycles. The summed E-state index contributed by atoms with van der Waals surface area (Å²) in [6, 6.07) is 10.1. The molecule has 0 aliphatic rings. The van der Waals surface area contributed by atoms with Gasteiger partial charge in [0.15, 0.2) is 0 Å². The van der Waals surface area contributed by atoms with Gasteiger partial charge in [-0.15, -0.1) is 11.3 Å². The zero-order valence-electron chi connectivity index (χ0n) is 18.1. The first-order valence-corrected chi connectivity index (χ1v) is 11.0. The van der Waals surface area contributed by atoms with Crippen molar-refractivity contribution >= 4 is 22.6 Å². The summed E-state index contributed by atoms with van der Waals surface area (Å²) in [5.74, 6) is 1.12. The number of nitrogens with zero attached hydrogens (tertiary/aromatic N) is 3. The second kappa shape index (κ2) is 9.19. The first kappa shape index (κ1) is 21.7. The van der Waals surface area contributed by atoms with E-state index < -0.39 is 0 Å². The van der Waals surface area contributed by atoms with Crippen LogP contribution in [0, 0.1) is 36.5 Å². The minimum atomic E-state index is 0.328. The number of nitriles is 1. The highest BCUT2D eigenvalue weighted by atomic mass is 32.1. The summed E-state index contributed by atoms with van der Waals surface area (Å²) in [5, 5.41) is 17.7. The molecular weight excluding hydrogens is 390 g/mol. The molecule has 0 saturated heterocycles. The lowest BCUT2D eigenvalue weighted by Crippen LogP contribution is -2.04. The van der Waals surface area contributed by atoms with Crippen LogP contribution < -0.4 is 0 Å². The van der Waals surface area contributed by atoms with Crippen LogP contribution >= 0.6 is 11.3 Å². The highest BCUT2D eigenvalue weighted by Gasteiger charge is 2.22. The molecule has 0 radical (unpaired) electrons. The van der Waals surface area contributed by atoms with Crippen LogP contribution in [0.3, 0.4) is 0 Å². The molecule has 0 amide bonds. The van der Waals surface area contributed by atoms with Crippen molar-refractivity contribution in [3.63, 3.8) is 0 Å². The molecule has 3 aromatic heterocycles. The van der Waals surface area contributed by atoms with Gasteiger partial charge in [-0.2, -0.15) is 5.26 Å². The van der Waals surface area contributed by atoms with Gasteiger partial charge < -0.3 is 10.4 Å². The Hall–Kier alpha value is -3.04. The molecule has 3 aromatic rings. The highest BCUT2D eigenvalue weighted by Crippen LogP contribution is 2.39. The smallest absolute Gasteiger partial charge is 0.134 e. The van der Waals surface area contributed by atoms with Crippen molar-refractivity contribution in [2.45, 2.75) is 47.5 Å². The topological polar surface area (TPSA) is 89.2 Å². The van der Waals surface area contributed by atoms with E-state index in [4.69, 9.17) is 10.4 Å². The molecule has 0 atom stereocenters. The molecule has 0 fully saturated rings. The quantitative estimate of drug-likeness (QED) is 0.427. The van der Waals surface area contributed by atoms with Crippen molar-refractivity contribution in [3.05, 3.63) is 53.1 Å². The fourth-order valence-electron chi connectivity index (χ4n) is 3.62. The molecule has 0 saturated carbocycles. The molecule has 2 N–H and O–H groups in total. The van der Waals surface area contributed by atoms with Crippen LogP contribution in [0.15, 0.2) is 30.3 Å². The summed E-state index contributed by atoms with van der Waals surface area (Å²) < 4.78 is 0. The number of thiophene rings is 1. The van der Waals surface area contributed by atoms with Crippen molar-refractivity contribution < 1.29 is 0 Å². The monoisotopic (exact) mass is 417 g/mol. The molecule has 0 unspecified atom stereocenters. The largest absolute Gasteiger partial charge is 0.342 e. The number of imidazole rings is 1. The van der Waals surface area contributed by atoms with Gasteiger partial charge in [0.25, 0.3) is 0 Å². The SMILES string of the molecule is CCC(CC)/C(=C/C(C)=N)c1nc(-c2sc(-c3cccc(C)n3)cc2C#N)c(C)[nH]1. The summed E-state index contributed by atoms with van der Waals surface area (Å²) in [6.07, 6.45) is 3.87. The number of aromatic nitrogens is 3. The molecular formula is C24H27N5S. The average molecular weight is 418 g/mol. The molecule has 0 aliphatic heterocycles. The van der Waals surface area contributed by atoms with E-state index in [0.717, 1.165) is 56.8 Å². The Labute approximate surface area is 182 Å². The Balaban J connectivity index is 2.11. The lowest BCUT2D eigenvalue weighted by atomic mass is 9.92. The Morgan fingerprint density at radius 2 is 2.00 bits per heavy atom. The van der Waals surface area contributed by atoms with E-state index in [0.29, 0.717) is 17.2 Å². The lowest BCUT2D eigenvalue weighted by Gasteiger charge is -2.15. The Kier molecular flexibility index (Phi) is 6.63. The number of hydrogen-bond acceptors (Lipinski definition) is 5. The highest BCUT2D eigenvalue weighted by molar-refractivity contribution is 7.19. The zero-order valence-corrected chi connectivity index (χ0v) is 18.9. The third-order valence-corrected chi connectivity index (χ3v) is 6.33. The van der Waals surface area contributed by atoms with E-state index in [1.54, 1.807) is 18.3 Å². The maximum absolute atomic E-state index is 9.74. The van der Waals surface area contributed by atoms with Gasteiger partial charge in [0.2, 0.25) is 0 Å². The molecule has 0 bridgehead atoms. The van der Waals surface area contributed by atoms with Crippen molar-refractivity contribution in [2.75, 3.05) is 0 Å². The maximum atomic E-state index is 9.74. The summed E-state index contributed by atoms with van der Waals surface area (Å²) in [6.45, 7) is 10.1. The van der Waals surface area contributed by atoms with Gasteiger partial charge in [0.05, 0.1) is 21.0 Å². The van der Waals surface area contributed by atoms with Crippen LogP contribution in [-0.4, -0.2) is 20.7 Å². The molecule has 3 rings (SSSR count). The summed E-state index contributed by atoms with van der Waals surface area (Å²) in [7, 11) is 0. The van der Waals surface area contributed by atoms with Gasteiger partial charge in [-0.1, -0.05) is 19.9 Å². The van der Waals surface area contributed by atoms with Gasteiger partial charge in [-0.05, 0) is 69.4 Å². The second-order valence-electron chi connectivity index (χ2n) is 7.48. The van der Waals surface area contributed by atoms with Crippen molar-refractivity contribution in [2.24, 2.45) is 5.92 Å². The van der Waals surface area contributed by atoms with Crippen LogP contribution in [0.4, 0.5) is 0 Å². The molecule has 6 heteroatoms. The van der Waals surface area contributed by atoms with Gasteiger partial charge in [0, 0.05) is 17.1 Å². The minimum absolute atomic E-state index is 0.328. The molecule has 0 aliphatic carbocycles. The molecule has 30 heavy (non-hydrogen) atoms. The Morgan fingerprint density at radius 1 is 1.27 bits per heavy atom. The normalized spacial score (nSPS) is 11.7. The maximum Gasteiger partial charge on any atom is 0.134 e. The van der Waals surface area contributed by atoms with Crippen LogP contribution in [0.25, 0.3) is 26.7 Å². The number of aryl methyl sites for hydroxylation is 2. The first-order chi connectivity index (χ1) is 14.4. The molecule has 5 nitrogen and oxygen atoms in total. The van der Waals surface area contributed by atoms with Crippen molar-refractivity contribution in [1.82, 2.24) is 15.0 Å². The van der Waals surface area contributed by atoms with Crippen LogP contribution in [0.1, 0.15) is 56.4 Å². The van der Waals surface area contributed by atoms with Crippen LogP contribution in [-0.2, 0) is 0 Å². The van der Waals surface area contributed by atoms with E-state index in [-0.39, 0.29) is 0 Å². The summed E-state index contributed by atoms with van der Waals surface area (Å²) in [4.78, 5) is 14.7. The van der Waals surface area contributed by atoms with E-state index in [1.807, 2.05) is 44.2 Å². The molecule has 154 valence electrons.